The Labute approximate surface area is 316 Å². The second-order valence-electron chi connectivity index (χ2n) is 14.0. The van der Waals surface area contributed by atoms with Gasteiger partial charge in [0.15, 0.2) is 0 Å². The fourth-order valence-electron chi connectivity index (χ4n) is 7.59. The summed E-state index contributed by atoms with van der Waals surface area (Å²) >= 11 is 14.9. The molecule has 2 saturated heterocycles. The number of pyridine rings is 1. The van der Waals surface area contributed by atoms with Crippen LogP contribution in [0.15, 0.2) is 62.5 Å². The first-order valence-corrected chi connectivity index (χ1v) is 21.7. The van der Waals surface area contributed by atoms with E-state index < -0.39 is 27.4 Å². The minimum absolute atomic E-state index is 0.0451. The molecule has 4 heterocycles. The zero-order valence-corrected chi connectivity index (χ0v) is 33.2. The van der Waals surface area contributed by atoms with Gasteiger partial charge in [0.05, 0.1) is 4.47 Å². The lowest BCUT2D eigenvalue weighted by atomic mass is 9.88. The molecule has 2 N–H and O–H groups in total. The number of carbonyl (C=O) groups is 1. The molecule has 2 aliphatic heterocycles. The third kappa shape index (κ3) is 9.28. The number of piperidine rings is 2. The summed E-state index contributed by atoms with van der Waals surface area (Å²) in [7, 11) is -4.11. The molecule has 1 aromatic carbocycles. The Hall–Kier alpha value is -1.54. The number of carboxylic acid groups (broad SMARTS) is 1. The Balaban J connectivity index is 0.885. The fraction of sp³-hybridized carbons (Fsp3) is 0.556. The van der Waals surface area contributed by atoms with Gasteiger partial charge in [0.1, 0.15) is 20.6 Å². The zero-order valence-electron chi connectivity index (χ0n) is 27.6. The average molecular weight is 857 g/mol. The monoisotopic (exact) mass is 854 g/mol. The van der Waals surface area contributed by atoms with E-state index in [4.69, 9.17) is 11.6 Å². The number of nitrogens with zero attached hydrogens (tertiary/aromatic N) is 3. The van der Waals surface area contributed by atoms with Gasteiger partial charge in [-0.2, -0.15) is 4.72 Å². The van der Waals surface area contributed by atoms with E-state index in [1.165, 1.54) is 75.2 Å². The standard InChI is InChI=1S/C36H45Br2ClN4O4S2/c37-31-21-28(48-33(31)39)15-18-42-16-11-25(12-17-42)7-3-1-4-8-26-13-19-43(20-14-26)34-32(38)22-29(24-40-34)49(46,47)41-36(35(44)45)23-30(36)27-9-5-2-6-10-27/h2,5-6,9-10,21-22,24-26,30,41H,1,3-4,7-8,11-20,23H2,(H,44,45)/t30-,36?/m0/s1. The van der Waals surface area contributed by atoms with Crippen LogP contribution >= 0.6 is 54.8 Å². The van der Waals surface area contributed by atoms with E-state index in [0.29, 0.717) is 10.4 Å². The molecule has 3 aromatic rings. The number of carboxylic acids is 1. The maximum atomic E-state index is 13.3. The highest BCUT2D eigenvalue weighted by atomic mass is 79.9. The number of rotatable bonds is 15. The molecule has 8 nitrogen and oxygen atoms in total. The lowest BCUT2D eigenvalue weighted by Gasteiger charge is -2.33. The number of anilines is 1. The number of aliphatic carboxylic acids is 1. The molecule has 49 heavy (non-hydrogen) atoms. The van der Waals surface area contributed by atoms with Crippen molar-refractivity contribution in [3.63, 3.8) is 0 Å². The van der Waals surface area contributed by atoms with E-state index in [0.717, 1.165) is 65.0 Å². The van der Waals surface area contributed by atoms with E-state index >= 15 is 0 Å². The quantitative estimate of drug-likeness (QED) is 0.148. The Morgan fingerprint density at radius 2 is 1.63 bits per heavy atom. The van der Waals surface area contributed by atoms with Crippen molar-refractivity contribution in [2.24, 2.45) is 11.8 Å². The lowest BCUT2D eigenvalue weighted by molar-refractivity contribution is -0.140. The van der Waals surface area contributed by atoms with Crippen molar-refractivity contribution in [3.8, 4) is 0 Å². The van der Waals surface area contributed by atoms with Gasteiger partial charge < -0.3 is 14.9 Å². The molecular weight excluding hydrogens is 812 g/mol. The molecule has 1 saturated carbocycles. The first-order valence-electron chi connectivity index (χ1n) is 17.4. The summed E-state index contributed by atoms with van der Waals surface area (Å²) in [6, 6.07) is 12.9. The van der Waals surface area contributed by atoms with Crippen molar-refractivity contribution >= 4 is 76.6 Å². The first-order chi connectivity index (χ1) is 23.5. The van der Waals surface area contributed by atoms with Crippen molar-refractivity contribution in [1.29, 1.82) is 0 Å². The van der Waals surface area contributed by atoms with E-state index in [1.54, 1.807) is 11.3 Å². The van der Waals surface area contributed by atoms with Gasteiger partial charge in [-0.25, -0.2) is 13.4 Å². The molecule has 266 valence electrons. The number of thiophene rings is 1. The van der Waals surface area contributed by atoms with Crippen LogP contribution in [0.2, 0.25) is 4.34 Å². The smallest absolute Gasteiger partial charge is 0.325 e. The minimum Gasteiger partial charge on any atom is -0.480 e. The Bertz CT molecular complexity index is 1680. The molecule has 0 bridgehead atoms. The van der Waals surface area contributed by atoms with Crippen LogP contribution in [0, 0.1) is 11.8 Å². The molecule has 0 spiro atoms. The van der Waals surface area contributed by atoms with Gasteiger partial charge in [0.2, 0.25) is 10.0 Å². The maximum absolute atomic E-state index is 13.3. The average Bonchev–Trinajstić information content (AvgIpc) is 3.73. The van der Waals surface area contributed by atoms with Gasteiger partial charge in [-0.05, 0) is 113 Å². The zero-order chi connectivity index (χ0) is 34.6. The van der Waals surface area contributed by atoms with Gasteiger partial charge in [-0.1, -0.05) is 74.0 Å². The molecular formula is C36H45Br2ClN4O4S2. The van der Waals surface area contributed by atoms with Crippen LogP contribution in [-0.2, 0) is 21.2 Å². The Kier molecular flexibility index (Phi) is 12.5. The van der Waals surface area contributed by atoms with Gasteiger partial charge >= 0.3 is 5.97 Å². The molecule has 1 unspecified atom stereocenters. The summed E-state index contributed by atoms with van der Waals surface area (Å²) in [5.74, 6) is 0.719. The molecule has 2 atom stereocenters. The predicted octanol–water partition coefficient (Wildman–Crippen LogP) is 8.73. The summed E-state index contributed by atoms with van der Waals surface area (Å²) in [5, 5.41) is 9.96. The van der Waals surface area contributed by atoms with Crippen LogP contribution in [0.25, 0.3) is 0 Å². The molecule has 2 aromatic heterocycles. The summed E-state index contributed by atoms with van der Waals surface area (Å²) in [5.41, 5.74) is -0.747. The number of unbranched alkanes of at least 4 members (excludes halogenated alkanes) is 2. The predicted molar refractivity (Wildman–Crippen MR) is 204 cm³/mol. The third-order valence-electron chi connectivity index (χ3n) is 10.7. The number of aromatic nitrogens is 1. The molecule has 3 aliphatic rings. The lowest BCUT2D eigenvalue weighted by Crippen LogP contribution is -2.44. The highest BCUT2D eigenvalue weighted by Crippen LogP contribution is 2.52. The highest BCUT2D eigenvalue weighted by Gasteiger charge is 2.63. The number of benzene rings is 1. The van der Waals surface area contributed by atoms with E-state index in [2.05, 4.69) is 57.4 Å². The molecule has 1 aliphatic carbocycles. The number of hydrogen-bond donors (Lipinski definition) is 2. The van der Waals surface area contributed by atoms with Crippen LogP contribution in [-0.4, -0.2) is 67.6 Å². The van der Waals surface area contributed by atoms with E-state index in [-0.39, 0.29) is 11.3 Å². The van der Waals surface area contributed by atoms with Crippen LogP contribution in [0.3, 0.4) is 0 Å². The summed E-state index contributed by atoms with van der Waals surface area (Å²) in [6.07, 6.45) is 14.0. The molecule has 0 amide bonds. The Morgan fingerprint density at radius 3 is 2.22 bits per heavy atom. The number of hydrogen-bond acceptors (Lipinski definition) is 7. The second-order valence-corrected chi connectivity index (χ2v) is 19.1. The van der Waals surface area contributed by atoms with Crippen molar-refractivity contribution < 1.29 is 18.3 Å². The SMILES string of the molecule is O=C(O)C1(NS(=O)(=O)c2cnc(N3CCC(CCCCCC4CCN(CCc5cc(Br)c(Cl)s5)CC4)CC3)c(Br)c2)C[C@H]1c1ccccc1. The van der Waals surface area contributed by atoms with E-state index in [1.807, 2.05) is 30.3 Å². The molecule has 13 heteroatoms. The van der Waals surface area contributed by atoms with Gasteiger partial charge in [-0.15, -0.1) is 11.3 Å². The summed E-state index contributed by atoms with van der Waals surface area (Å²) < 4.78 is 31.6. The van der Waals surface area contributed by atoms with Crippen molar-refractivity contribution in [2.45, 2.75) is 87.0 Å². The van der Waals surface area contributed by atoms with Crippen molar-refractivity contribution in [3.05, 3.63) is 72.4 Å². The molecule has 6 rings (SSSR count). The maximum Gasteiger partial charge on any atom is 0.325 e. The fourth-order valence-corrected chi connectivity index (χ4v) is 11.5. The van der Waals surface area contributed by atoms with Crippen molar-refractivity contribution in [2.75, 3.05) is 37.6 Å². The third-order valence-corrected chi connectivity index (χ3v) is 15.3. The van der Waals surface area contributed by atoms with Gasteiger partial charge in [0, 0.05) is 41.1 Å². The van der Waals surface area contributed by atoms with Gasteiger partial charge in [0.25, 0.3) is 0 Å². The molecule has 3 fully saturated rings. The molecule has 0 radical (unpaired) electrons. The largest absolute Gasteiger partial charge is 0.480 e. The van der Waals surface area contributed by atoms with Crippen LogP contribution in [0.1, 0.15) is 80.6 Å². The van der Waals surface area contributed by atoms with Gasteiger partial charge in [-0.3, -0.25) is 4.79 Å². The van der Waals surface area contributed by atoms with Crippen LogP contribution < -0.4 is 9.62 Å². The minimum atomic E-state index is -4.11. The number of nitrogens with one attached hydrogen (secondary N) is 1. The number of likely N-dealkylation sites (tertiary alicyclic amines) is 1. The second kappa shape index (κ2) is 16.4. The number of sulfonamides is 1. The summed E-state index contributed by atoms with van der Waals surface area (Å²) in [4.78, 5) is 22.9. The Morgan fingerprint density at radius 1 is 0.980 bits per heavy atom. The van der Waals surface area contributed by atoms with Crippen molar-refractivity contribution in [1.82, 2.24) is 14.6 Å². The number of halogens is 3. The first kappa shape index (κ1) is 37.2. The van der Waals surface area contributed by atoms with Crippen LogP contribution in [0.4, 0.5) is 5.82 Å². The van der Waals surface area contributed by atoms with Crippen LogP contribution in [0.5, 0.6) is 0 Å². The topological polar surface area (TPSA) is 103 Å². The summed E-state index contributed by atoms with van der Waals surface area (Å²) in [6.45, 7) is 5.32. The highest BCUT2D eigenvalue weighted by molar-refractivity contribution is 9.11. The van der Waals surface area contributed by atoms with E-state index in [9.17, 15) is 18.3 Å². The normalized spacial score (nSPS) is 22.4.